The molecule has 1 atom stereocenters. The van der Waals surface area contributed by atoms with Crippen molar-refractivity contribution in [2.75, 3.05) is 6.61 Å². The lowest BCUT2D eigenvalue weighted by Gasteiger charge is -2.20. The second-order valence-corrected chi connectivity index (χ2v) is 5.86. The van der Waals surface area contributed by atoms with Gasteiger partial charge in [-0.05, 0) is 55.2 Å². The van der Waals surface area contributed by atoms with Crippen LogP contribution in [0.4, 0.5) is 0 Å². The van der Waals surface area contributed by atoms with Crippen molar-refractivity contribution in [2.24, 2.45) is 0 Å². The fraction of sp³-hybridized carbons (Fsp3) is 0.300. The van der Waals surface area contributed by atoms with Crippen LogP contribution in [0.1, 0.15) is 45.6 Å². The van der Waals surface area contributed by atoms with Crippen LogP contribution in [0.15, 0.2) is 42.5 Å². The summed E-state index contributed by atoms with van der Waals surface area (Å²) >= 11 is 0. The van der Waals surface area contributed by atoms with Crippen LogP contribution >= 0.6 is 0 Å². The van der Waals surface area contributed by atoms with E-state index in [1.165, 1.54) is 0 Å². The Morgan fingerprint density at radius 3 is 2.40 bits per heavy atom. The third-order valence-electron chi connectivity index (χ3n) is 4.19. The van der Waals surface area contributed by atoms with Gasteiger partial charge in [-0.1, -0.05) is 30.3 Å². The molecule has 5 heteroatoms. The Morgan fingerprint density at radius 1 is 1.12 bits per heavy atom. The topological polar surface area (TPSA) is 75.6 Å². The lowest BCUT2D eigenvalue weighted by atomic mass is 9.97. The standard InChI is InChI=1S/C20H23NO4/c1-4-25-20(24)18(17-7-5-6-13(2)14(17)3)21-12-15-8-10-16(11-9-15)19(22)23/h5-11,18,21H,4,12H2,1-3H3,(H,22,23). The highest BCUT2D eigenvalue weighted by molar-refractivity contribution is 5.87. The second-order valence-electron chi connectivity index (χ2n) is 5.86. The summed E-state index contributed by atoms with van der Waals surface area (Å²) in [5.74, 6) is -1.28. The number of aryl methyl sites for hydroxylation is 1. The summed E-state index contributed by atoms with van der Waals surface area (Å²) in [5, 5.41) is 12.2. The molecule has 0 amide bonds. The van der Waals surface area contributed by atoms with Crippen LogP contribution < -0.4 is 5.32 Å². The van der Waals surface area contributed by atoms with Crippen molar-refractivity contribution in [1.29, 1.82) is 0 Å². The van der Waals surface area contributed by atoms with Crippen molar-refractivity contribution in [3.63, 3.8) is 0 Å². The quantitative estimate of drug-likeness (QED) is 0.755. The minimum atomic E-state index is -0.959. The zero-order chi connectivity index (χ0) is 18.4. The normalized spacial score (nSPS) is 11.8. The first kappa shape index (κ1) is 18.7. The number of hydrogen-bond donors (Lipinski definition) is 2. The van der Waals surface area contributed by atoms with Gasteiger partial charge in [0.15, 0.2) is 0 Å². The minimum Gasteiger partial charge on any atom is -0.478 e. The molecule has 0 bridgehead atoms. The van der Waals surface area contributed by atoms with E-state index >= 15 is 0 Å². The predicted octanol–water partition coefficient (Wildman–Crippen LogP) is 3.40. The van der Waals surface area contributed by atoms with Gasteiger partial charge < -0.3 is 9.84 Å². The summed E-state index contributed by atoms with van der Waals surface area (Å²) in [7, 11) is 0. The van der Waals surface area contributed by atoms with Crippen molar-refractivity contribution in [2.45, 2.75) is 33.4 Å². The largest absolute Gasteiger partial charge is 0.478 e. The number of hydrogen-bond acceptors (Lipinski definition) is 4. The van der Waals surface area contributed by atoms with Crippen LogP contribution in [0, 0.1) is 13.8 Å². The van der Waals surface area contributed by atoms with Gasteiger partial charge in [0.2, 0.25) is 0 Å². The Kier molecular flexibility index (Phi) is 6.31. The maximum Gasteiger partial charge on any atom is 0.335 e. The van der Waals surface area contributed by atoms with Crippen molar-refractivity contribution in [1.82, 2.24) is 5.32 Å². The molecule has 0 aliphatic carbocycles. The van der Waals surface area contributed by atoms with Crippen LogP contribution in [0.2, 0.25) is 0 Å². The molecular weight excluding hydrogens is 318 g/mol. The van der Waals surface area contributed by atoms with E-state index < -0.39 is 12.0 Å². The molecule has 0 saturated heterocycles. The Morgan fingerprint density at radius 2 is 1.80 bits per heavy atom. The fourth-order valence-corrected chi connectivity index (χ4v) is 2.62. The number of carboxylic acids is 1. The first-order valence-electron chi connectivity index (χ1n) is 8.22. The van der Waals surface area contributed by atoms with Gasteiger partial charge in [-0.3, -0.25) is 5.32 Å². The minimum absolute atomic E-state index is 0.236. The van der Waals surface area contributed by atoms with Gasteiger partial charge in [0.25, 0.3) is 0 Å². The predicted molar refractivity (Wildman–Crippen MR) is 95.5 cm³/mol. The third-order valence-corrected chi connectivity index (χ3v) is 4.19. The third kappa shape index (κ3) is 4.67. The average molecular weight is 341 g/mol. The number of carboxylic acid groups (broad SMARTS) is 1. The zero-order valence-electron chi connectivity index (χ0n) is 14.7. The molecule has 2 N–H and O–H groups in total. The molecule has 0 aromatic heterocycles. The number of ether oxygens (including phenoxy) is 1. The van der Waals surface area contributed by atoms with E-state index in [4.69, 9.17) is 9.84 Å². The number of carbonyl (C=O) groups excluding carboxylic acids is 1. The smallest absolute Gasteiger partial charge is 0.335 e. The van der Waals surface area contributed by atoms with E-state index in [9.17, 15) is 9.59 Å². The monoisotopic (exact) mass is 341 g/mol. The molecule has 0 radical (unpaired) electrons. The number of carbonyl (C=O) groups is 2. The number of esters is 1. The molecule has 132 valence electrons. The van der Waals surface area contributed by atoms with Gasteiger partial charge in [0.1, 0.15) is 6.04 Å². The number of nitrogens with one attached hydrogen (secondary N) is 1. The van der Waals surface area contributed by atoms with Crippen molar-refractivity contribution in [3.8, 4) is 0 Å². The highest BCUT2D eigenvalue weighted by Gasteiger charge is 2.23. The Hall–Kier alpha value is -2.66. The van der Waals surface area contributed by atoms with Crippen LogP contribution in [-0.4, -0.2) is 23.7 Å². The summed E-state index contributed by atoms with van der Waals surface area (Å²) in [6.07, 6.45) is 0. The van der Waals surface area contributed by atoms with E-state index in [0.717, 1.165) is 22.3 Å². The first-order valence-corrected chi connectivity index (χ1v) is 8.22. The van der Waals surface area contributed by atoms with Gasteiger partial charge in [-0.25, -0.2) is 9.59 Å². The van der Waals surface area contributed by atoms with Crippen LogP contribution in [0.25, 0.3) is 0 Å². The molecule has 5 nitrogen and oxygen atoms in total. The van der Waals surface area contributed by atoms with Crippen LogP contribution in [-0.2, 0) is 16.1 Å². The average Bonchev–Trinajstić information content (AvgIpc) is 2.59. The van der Waals surface area contributed by atoms with Gasteiger partial charge in [-0.2, -0.15) is 0 Å². The summed E-state index contributed by atoms with van der Waals surface area (Å²) < 4.78 is 5.21. The van der Waals surface area contributed by atoms with Crippen molar-refractivity contribution >= 4 is 11.9 Å². The maximum atomic E-state index is 12.4. The molecule has 2 rings (SSSR count). The molecule has 0 heterocycles. The number of benzene rings is 2. The number of aromatic carboxylic acids is 1. The zero-order valence-corrected chi connectivity index (χ0v) is 14.7. The molecule has 1 unspecified atom stereocenters. The second kappa shape index (κ2) is 8.44. The molecule has 2 aromatic rings. The van der Waals surface area contributed by atoms with Gasteiger partial charge in [0, 0.05) is 6.54 Å². The maximum absolute atomic E-state index is 12.4. The lowest BCUT2D eigenvalue weighted by Crippen LogP contribution is -2.30. The molecule has 2 aromatic carbocycles. The highest BCUT2D eigenvalue weighted by atomic mass is 16.5. The molecule has 0 spiro atoms. The molecule has 0 aliphatic rings. The molecular formula is C20H23NO4. The number of rotatable bonds is 7. The SMILES string of the molecule is CCOC(=O)C(NCc1ccc(C(=O)O)cc1)c1cccc(C)c1C. The van der Waals surface area contributed by atoms with Crippen molar-refractivity contribution in [3.05, 3.63) is 70.3 Å². The Labute approximate surface area is 147 Å². The van der Waals surface area contributed by atoms with E-state index in [1.807, 2.05) is 32.0 Å². The summed E-state index contributed by atoms with van der Waals surface area (Å²) in [6, 6.07) is 11.9. The fourth-order valence-electron chi connectivity index (χ4n) is 2.62. The molecule has 0 aliphatic heterocycles. The lowest BCUT2D eigenvalue weighted by molar-refractivity contribution is -0.145. The van der Waals surface area contributed by atoms with Crippen LogP contribution in [0.5, 0.6) is 0 Å². The summed E-state index contributed by atoms with van der Waals surface area (Å²) in [5.41, 5.74) is 4.18. The van der Waals surface area contributed by atoms with E-state index in [0.29, 0.717) is 13.2 Å². The summed E-state index contributed by atoms with van der Waals surface area (Å²) in [6.45, 7) is 6.51. The summed E-state index contributed by atoms with van der Waals surface area (Å²) in [4.78, 5) is 23.3. The first-order chi connectivity index (χ1) is 11.9. The van der Waals surface area contributed by atoms with E-state index in [2.05, 4.69) is 5.32 Å². The van der Waals surface area contributed by atoms with Gasteiger partial charge in [0.05, 0.1) is 12.2 Å². The van der Waals surface area contributed by atoms with E-state index in [1.54, 1.807) is 31.2 Å². The molecule has 25 heavy (non-hydrogen) atoms. The molecule has 0 saturated carbocycles. The van der Waals surface area contributed by atoms with Crippen LogP contribution in [0.3, 0.4) is 0 Å². The highest BCUT2D eigenvalue weighted by Crippen LogP contribution is 2.22. The van der Waals surface area contributed by atoms with Gasteiger partial charge >= 0.3 is 11.9 Å². The van der Waals surface area contributed by atoms with E-state index in [-0.39, 0.29) is 11.5 Å². The molecule has 0 fully saturated rings. The Bertz CT molecular complexity index is 753. The Balaban J connectivity index is 2.20. The van der Waals surface area contributed by atoms with Gasteiger partial charge in [-0.15, -0.1) is 0 Å². The van der Waals surface area contributed by atoms with Crippen molar-refractivity contribution < 1.29 is 19.4 Å².